The second-order valence-electron chi connectivity index (χ2n) is 4.41. The molecule has 0 radical (unpaired) electrons. The predicted molar refractivity (Wildman–Crippen MR) is 56.9 cm³/mol. The van der Waals surface area contributed by atoms with Crippen LogP contribution in [-0.4, -0.2) is 29.3 Å². The first-order valence-corrected chi connectivity index (χ1v) is 5.52. The van der Waals surface area contributed by atoms with Crippen LogP contribution in [0.15, 0.2) is 11.1 Å². The Balaban J connectivity index is 2.58. The molecule has 0 amide bonds. The average molecular weight is 239 g/mol. The Morgan fingerprint density at radius 2 is 2.12 bits per heavy atom. The number of carbonyl (C=O) groups is 2. The first-order chi connectivity index (χ1) is 8.03. The van der Waals surface area contributed by atoms with Crippen molar-refractivity contribution in [2.45, 2.75) is 37.6 Å². The van der Waals surface area contributed by atoms with Crippen molar-refractivity contribution in [3.8, 4) is 0 Å². The van der Waals surface area contributed by atoms with E-state index in [0.29, 0.717) is 24.8 Å². The lowest BCUT2D eigenvalue weighted by atomic mass is 9.78. The van der Waals surface area contributed by atoms with Crippen LogP contribution < -0.4 is 0 Å². The Bertz CT molecular complexity index is 439. The van der Waals surface area contributed by atoms with Gasteiger partial charge >= 0.3 is 5.97 Å². The standard InChI is InChI=1S/C11H13NO5/c1-17-10(14)9-7-3-2-5-11(7,12(15)16)6-4-8(9)13/h2-6H2,1H3. The molecule has 2 rings (SSSR count). The number of ketones is 1. The number of hydrogen-bond acceptors (Lipinski definition) is 5. The van der Waals surface area contributed by atoms with E-state index in [4.69, 9.17) is 0 Å². The van der Waals surface area contributed by atoms with Crippen molar-refractivity contribution in [1.29, 1.82) is 0 Å². The van der Waals surface area contributed by atoms with Gasteiger partial charge < -0.3 is 4.74 Å². The first-order valence-electron chi connectivity index (χ1n) is 5.52. The zero-order chi connectivity index (χ0) is 12.6. The van der Waals surface area contributed by atoms with Gasteiger partial charge in [0.05, 0.1) is 7.11 Å². The third-order valence-corrected chi connectivity index (χ3v) is 3.66. The van der Waals surface area contributed by atoms with Crippen molar-refractivity contribution in [1.82, 2.24) is 0 Å². The summed E-state index contributed by atoms with van der Waals surface area (Å²) in [4.78, 5) is 34.2. The second kappa shape index (κ2) is 3.94. The molecule has 0 aromatic carbocycles. The molecule has 0 aliphatic heterocycles. The van der Waals surface area contributed by atoms with E-state index in [-0.39, 0.29) is 29.1 Å². The van der Waals surface area contributed by atoms with Gasteiger partial charge in [0.1, 0.15) is 5.57 Å². The van der Waals surface area contributed by atoms with Crippen LogP contribution in [0.4, 0.5) is 0 Å². The summed E-state index contributed by atoms with van der Waals surface area (Å²) in [5, 5.41) is 11.2. The van der Waals surface area contributed by atoms with Crippen molar-refractivity contribution in [2.75, 3.05) is 7.11 Å². The molecule has 2 aliphatic rings. The Hall–Kier alpha value is -1.72. The molecule has 92 valence electrons. The zero-order valence-corrected chi connectivity index (χ0v) is 9.52. The van der Waals surface area contributed by atoms with Gasteiger partial charge in [0.15, 0.2) is 5.78 Å². The van der Waals surface area contributed by atoms with E-state index >= 15 is 0 Å². The molecule has 0 saturated heterocycles. The molecule has 6 nitrogen and oxygen atoms in total. The monoisotopic (exact) mass is 239 g/mol. The third kappa shape index (κ3) is 1.55. The quantitative estimate of drug-likeness (QED) is 0.311. The molecular formula is C11H13NO5. The summed E-state index contributed by atoms with van der Waals surface area (Å²) in [6.45, 7) is 0. The average Bonchev–Trinajstić information content (AvgIpc) is 2.73. The molecule has 2 aliphatic carbocycles. The summed E-state index contributed by atoms with van der Waals surface area (Å²) in [6, 6.07) is 0. The van der Waals surface area contributed by atoms with Crippen LogP contribution in [0.1, 0.15) is 32.1 Å². The van der Waals surface area contributed by atoms with Crippen LogP contribution in [0, 0.1) is 10.1 Å². The Morgan fingerprint density at radius 1 is 1.41 bits per heavy atom. The summed E-state index contributed by atoms with van der Waals surface area (Å²) >= 11 is 0. The fourth-order valence-electron chi connectivity index (χ4n) is 2.82. The van der Waals surface area contributed by atoms with Crippen LogP contribution in [-0.2, 0) is 14.3 Å². The number of nitrogens with zero attached hydrogens (tertiary/aromatic N) is 1. The Kier molecular flexibility index (Phi) is 2.73. The summed E-state index contributed by atoms with van der Waals surface area (Å²) in [5.41, 5.74) is -0.893. The van der Waals surface area contributed by atoms with Gasteiger partial charge in [0.2, 0.25) is 5.54 Å². The normalized spacial score (nSPS) is 27.9. The summed E-state index contributed by atoms with van der Waals surface area (Å²) in [5.74, 6) is -1.07. The van der Waals surface area contributed by atoms with Gasteiger partial charge in [-0.05, 0) is 12.8 Å². The molecule has 1 saturated carbocycles. The van der Waals surface area contributed by atoms with Gasteiger partial charge in [-0.25, -0.2) is 4.79 Å². The number of rotatable bonds is 2. The molecule has 17 heavy (non-hydrogen) atoms. The van der Waals surface area contributed by atoms with Gasteiger partial charge in [-0.2, -0.15) is 0 Å². The number of hydrogen-bond donors (Lipinski definition) is 0. The Labute approximate surface area is 97.8 Å². The fourth-order valence-corrected chi connectivity index (χ4v) is 2.82. The molecule has 1 fully saturated rings. The van der Waals surface area contributed by atoms with E-state index in [2.05, 4.69) is 4.74 Å². The maximum atomic E-state index is 11.7. The van der Waals surface area contributed by atoms with E-state index in [1.54, 1.807) is 0 Å². The minimum atomic E-state index is -1.20. The van der Waals surface area contributed by atoms with Crippen molar-refractivity contribution in [3.05, 3.63) is 21.3 Å². The van der Waals surface area contributed by atoms with Crippen LogP contribution >= 0.6 is 0 Å². The highest BCUT2D eigenvalue weighted by Gasteiger charge is 2.55. The minimum absolute atomic E-state index is 0.0505. The van der Waals surface area contributed by atoms with E-state index in [0.717, 1.165) is 0 Å². The highest BCUT2D eigenvalue weighted by Crippen LogP contribution is 2.46. The molecule has 1 atom stereocenters. The Morgan fingerprint density at radius 3 is 2.71 bits per heavy atom. The van der Waals surface area contributed by atoms with Gasteiger partial charge in [-0.1, -0.05) is 0 Å². The number of carbonyl (C=O) groups excluding carboxylic acids is 2. The summed E-state index contributed by atoms with van der Waals surface area (Å²) in [6.07, 6.45) is 1.74. The minimum Gasteiger partial charge on any atom is -0.465 e. The lowest BCUT2D eigenvalue weighted by molar-refractivity contribution is -0.558. The van der Waals surface area contributed by atoms with Crippen molar-refractivity contribution in [2.24, 2.45) is 0 Å². The molecule has 0 spiro atoms. The maximum absolute atomic E-state index is 11.7. The number of fused-ring (bicyclic) bond motifs is 1. The number of Topliss-reactive ketones (excluding diaryl/α,β-unsaturated/α-hetero) is 1. The molecule has 0 aromatic heterocycles. The maximum Gasteiger partial charge on any atom is 0.341 e. The van der Waals surface area contributed by atoms with Crippen molar-refractivity contribution in [3.63, 3.8) is 0 Å². The van der Waals surface area contributed by atoms with E-state index in [9.17, 15) is 19.7 Å². The van der Waals surface area contributed by atoms with Crippen molar-refractivity contribution >= 4 is 11.8 Å². The van der Waals surface area contributed by atoms with Gasteiger partial charge in [-0.15, -0.1) is 0 Å². The molecule has 0 aromatic rings. The molecular weight excluding hydrogens is 226 g/mol. The predicted octanol–water partition coefficient (Wildman–Crippen LogP) is 1.02. The second-order valence-corrected chi connectivity index (χ2v) is 4.41. The number of esters is 1. The summed E-state index contributed by atoms with van der Waals surface area (Å²) in [7, 11) is 1.18. The third-order valence-electron chi connectivity index (χ3n) is 3.66. The number of nitro groups is 1. The largest absolute Gasteiger partial charge is 0.465 e. The molecule has 0 N–H and O–H groups in total. The molecule has 1 unspecified atom stereocenters. The topological polar surface area (TPSA) is 86.5 Å². The fraction of sp³-hybridized carbons (Fsp3) is 0.636. The van der Waals surface area contributed by atoms with E-state index < -0.39 is 11.5 Å². The van der Waals surface area contributed by atoms with Crippen molar-refractivity contribution < 1.29 is 19.2 Å². The van der Waals surface area contributed by atoms with Crippen LogP contribution in [0.3, 0.4) is 0 Å². The molecule has 0 bridgehead atoms. The smallest absolute Gasteiger partial charge is 0.341 e. The first kappa shape index (κ1) is 11.8. The van der Waals surface area contributed by atoms with E-state index in [1.165, 1.54) is 7.11 Å². The highest BCUT2D eigenvalue weighted by molar-refractivity contribution is 6.18. The molecule has 0 heterocycles. The number of ether oxygens (including phenoxy) is 1. The van der Waals surface area contributed by atoms with Gasteiger partial charge in [0, 0.05) is 29.8 Å². The van der Waals surface area contributed by atoms with E-state index in [1.807, 2.05) is 0 Å². The molecule has 6 heteroatoms. The lowest BCUT2D eigenvalue weighted by Gasteiger charge is -2.27. The van der Waals surface area contributed by atoms with Crippen LogP contribution in [0.2, 0.25) is 0 Å². The summed E-state index contributed by atoms with van der Waals surface area (Å²) < 4.78 is 4.55. The zero-order valence-electron chi connectivity index (χ0n) is 9.52. The lowest BCUT2D eigenvalue weighted by Crippen LogP contribution is -2.42. The van der Waals surface area contributed by atoms with Crippen LogP contribution in [0.5, 0.6) is 0 Å². The highest BCUT2D eigenvalue weighted by atomic mass is 16.6. The SMILES string of the molecule is COC(=O)C1=C2CCCC2([N+](=O)[O-])CCC1=O. The number of methoxy groups -OCH3 is 1. The van der Waals surface area contributed by atoms with Gasteiger partial charge in [-0.3, -0.25) is 14.9 Å². The van der Waals surface area contributed by atoms with Crippen LogP contribution in [0.25, 0.3) is 0 Å². The van der Waals surface area contributed by atoms with Gasteiger partial charge in [0.25, 0.3) is 0 Å².